The lowest BCUT2D eigenvalue weighted by atomic mass is 10.2. The number of imide groups is 1. The van der Waals surface area contributed by atoms with Crippen LogP contribution >= 0.6 is 27.7 Å². The maximum atomic E-state index is 12.3. The number of aromatic nitrogens is 3. The number of carbonyl (C=O) groups excluding carboxylic acids is 2. The van der Waals surface area contributed by atoms with E-state index in [9.17, 15) is 9.59 Å². The summed E-state index contributed by atoms with van der Waals surface area (Å²) in [6.07, 6.45) is 3.83. The number of thioether (sulfide) groups is 1. The van der Waals surface area contributed by atoms with Crippen molar-refractivity contribution in [2.75, 3.05) is 5.75 Å². The Hall–Kier alpha value is -2.39. The molecular formula is C19H17BrN4O3S. The quantitative estimate of drug-likeness (QED) is 0.541. The lowest BCUT2D eigenvalue weighted by molar-refractivity contribution is -0.117. The van der Waals surface area contributed by atoms with Gasteiger partial charge in [-0.1, -0.05) is 23.9 Å². The molecule has 0 saturated heterocycles. The van der Waals surface area contributed by atoms with Gasteiger partial charge in [0, 0.05) is 10.4 Å². The molecule has 2 aromatic heterocycles. The third-order valence-corrected chi connectivity index (χ3v) is 5.94. The molecule has 1 aliphatic rings. The Morgan fingerprint density at radius 2 is 2.04 bits per heavy atom. The summed E-state index contributed by atoms with van der Waals surface area (Å²) in [6, 6.07) is 10.7. The van der Waals surface area contributed by atoms with Crippen LogP contribution in [0.2, 0.25) is 0 Å². The van der Waals surface area contributed by atoms with Crippen LogP contribution in [0.5, 0.6) is 0 Å². The monoisotopic (exact) mass is 460 g/mol. The first-order valence-corrected chi connectivity index (χ1v) is 10.6. The highest BCUT2D eigenvalue weighted by Crippen LogP contribution is 2.40. The van der Waals surface area contributed by atoms with E-state index in [2.05, 4.69) is 31.4 Å². The second-order valence-electron chi connectivity index (χ2n) is 6.43. The Balaban J connectivity index is 1.41. The van der Waals surface area contributed by atoms with E-state index in [0.717, 1.165) is 24.4 Å². The van der Waals surface area contributed by atoms with Crippen molar-refractivity contribution in [3.05, 3.63) is 64.3 Å². The number of benzene rings is 1. The van der Waals surface area contributed by atoms with E-state index in [-0.39, 0.29) is 11.7 Å². The molecule has 1 aliphatic carbocycles. The van der Waals surface area contributed by atoms with Gasteiger partial charge in [-0.3, -0.25) is 19.5 Å². The molecular weight excluding hydrogens is 444 g/mol. The van der Waals surface area contributed by atoms with E-state index < -0.39 is 5.91 Å². The number of hydrogen-bond donors (Lipinski definition) is 1. The van der Waals surface area contributed by atoms with Gasteiger partial charge in [-0.2, -0.15) is 0 Å². The highest BCUT2D eigenvalue weighted by Gasteiger charge is 2.31. The fraction of sp³-hybridized carbons (Fsp3) is 0.263. The zero-order chi connectivity index (χ0) is 19.5. The van der Waals surface area contributed by atoms with Crippen molar-refractivity contribution in [1.82, 2.24) is 20.1 Å². The first-order chi connectivity index (χ1) is 13.6. The fourth-order valence-electron chi connectivity index (χ4n) is 2.76. The van der Waals surface area contributed by atoms with Gasteiger partial charge in [0.25, 0.3) is 5.91 Å². The summed E-state index contributed by atoms with van der Waals surface area (Å²) in [7, 11) is 0. The molecule has 0 bridgehead atoms. The minimum absolute atomic E-state index is 0.0666. The van der Waals surface area contributed by atoms with Crippen molar-refractivity contribution in [2.24, 2.45) is 0 Å². The molecule has 3 aromatic rings. The number of furan rings is 1. The summed E-state index contributed by atoms with van der Waals surface area (Å²) in [5.74, 6) is 1.39. The van der Waals surface area contributed by atoms with Gasteiger partial charge in [0.1, 0.15) is 11.6 Å². The van der Waals surface area contributed by atoms with Gasteiger partial charge in [-0.25, -0.2) is 0 Å². The Morgan fingerprint density at radius 1 is 1.21 bits per heavy atom. The molecule has 0 spiro atoms. The normalized spacial score (nSPS) is 13.5. The van der Waals surface area contributed by atoms with E-state index in [1.807, 2.05) is 22.8 Å². The molecule has 1 saturated carbocycles. The summed E-state index contributed by atoms with van der Waals surface area (Å²) in [5.41, 5.74) is 0.415. The molecule has 28 heavy (non-hydrogen) atoms. The first kappa shape index (κ1) is 18.9. The molecule has 0 unspecified atom stereocenters. The molecule has 1 fully saturated rings. The van der Waals surface area contributed by atoms with Crippen LogP contribution in [0.1, 0.15) is 40.7 Å². The molecule has 7 nitrogen and oxygen atoms in total. The standard InChI is InChI=1S/C19H17BrN4O3S/c20-15-6-2-1-5-14(15)18(26)21-16(25)11-28-19-23-22-17(12-7-8-12)24(19)10-13-4-3-9-27-13/h1-6,9,12H,7-8,10-11H2,(H,21,25,26). The van der Waals surface area contributed by atoms with Crippen molar-refractivity contribution < 1.29 is 14.0 Å². The number of nitrogens with zero attached hydrogens (tertiary/aromatic N) is 3. The van der Waals surface area contributed by atoms with Crippen molar-refractivity contribution in [3.8, 4) is 0 Å². The van der Waals surface area contributed by atoms with Crippen LogP contribution in [-0.4, -0.2) is 32.3 Å². The van der Waals surface area contributed by atoms with Crippen LogP contribution < -0.4 is 5.32 Å². The van der Waals surface area contributed by atoms with Gasteiger partial charge in [0.05, 0.1) is 24.1 Å². The van der Waals surface area contributed by atoms with E-state index in [4.69, 9.17) is 4.42 Å². The van der Waals surface area contributed by atoms with Crippen LogP contribution in [0.15, 0.2) is 56.7 Å². The van der Waals surface area contributed by atoms with E-state index in [1.54, 1.807) is 24.5 Å². The van der Waals surface area contributed by atoms with Gasteiger partial charge in [-0.15, -0.1) is 10.2 Å². The van der Waals surface area contributed by atoms with Crippen molar-refractivity contribution in [2.45, 2.75) is 30.5 Å². The van der Waals surface area contributed by atoms with Gasteiger partial charge < -0.3 is 4.42 Å². The number of rotatable bonds is 7. The fourth-order valence-corrected chi connectivity index (χ4v) is 3.97. The number of halogens is 1. The molecule has 144 valence electrons. The van der Waals surface area contributed by atoms with Crippen molar-refractivity contribution in [3.63, 3.8) is 0 Å². The molecule has 0 aliphatic heterocycles. The first-order valence-electron chi connectivity index (χ1n) is 8.79. The van der Waals surface area contributed by atoms with Crippen molar-refractivity contribution >= 4 is 39.5 Å². The zero-order valence-corrected chi connectivity index (χ0v) is 17.2. The summed E-state index contributed by atoms with van der Waals surface area (Å²) in [6.45, 7) is 0.520. The van der Waals surface area contributed by atoms with Crippen LogP contribution in [0.25, 0.3) is 0 Å². The van der Waals surface area contributed by atoms with Crippen LogP contribution in [0, 0.1) is 0 Å². The molecule has 9 heteroatoms. The third kappa shape index (κ3) is 4.36. The van der Waals surface area contributed by atoms with Gasteiger partial charge in [0.15, 0.2) is 5.16 Å². The summed E-state index contributed by atoms with van der Waals surface area (Å²) < 4.78 is 8.07. The summed E-state index contributed by atoms with van der Waals surface area (Å²) in [5, 5.41) is 11.6. The van der Waals surface area contributed by atoms with Crippen LogP contribution in [0.4, 0.5) is 0 Å². The van der Waals surface area contributed by atoms with Crippen LogP contribution in [0.3, 0.4) is 0 Å². The lowest BCUT2D eigenvalue weighted by Crippen LogP contribution is -2.32. The summed E-state index contributed by atoms with van der Waals surface area (Å²) in [4.78, 5) is 24.5. The van der Waals surface area contributed by atoms with Gasteiger partial charge in [0.2, 0.25) is 5.91 Å². The second-order valence-corrected chi connectivity index (χ2v) is 8.22. The number of amides is 2. The smallest absolute Gasteiger partial charge is 0.259 e. The Bertz CT molecular complexity index is 999. The number of hydrogen-bond acceptors (Lipinski definition) is 6. The van der Waals surface area contributed by atoms with Gasteiger partial charge >= 0.3 is 0 Å². The number of carbonyl (C=O) groups is 2. The number of nitrogens with one attached hydrogen (secondary N) is 1. The maximum Gasteiger partial charge on any atom is 0.259 e. The average molecular weight is 461 g/mol. The van der Waals surface area contributed by atoms with E-state index in [1.165, 1.54) is 11.8 Å². The summed E-state index contributed by atoms with van der Waals surface area (Å²) >= 11 is 4.57. The van der Waals surface area contributed by atoms with Crippen molar-refractivity contribution in [1.29, 1.82) is 0 Å². The van der Waals surface area contributed by atoms with Gasteiger partial charge in [-0.05, 0) is 53.0 Å². The predicted molar refractivity (Wildman–Crippen MR) is 107 cm³/mol. The second kappa shape index (κ2) is 8.32. The topological polar surface area (TPSA) is 90.0 Å². The molecule has 1 N–H and O–H groups in total. The maximum absolute atomic E-state index is 12.3. The molecule has 2 heterocycles. The molecule has 4 rings (SSSR count). The Kier molecular flexibility index (Phi) is 5.63. The minimum Gasteiger partial charge on any atom is -0.467 e. The molecule has 2 amide bonds. The van der Waals surface area contributed by atoms with Crippen LogP contribution in [-0.2, 0) is 11.3 Å². The third-order valence-electron chi connectivity index (χ3n) is 4.29. The average Bonchev–Trinajstić information content (AvgIpc) is 3.24. The highest BCUT2D eigenvalue weighted by molar-refractivity contribution is 9.10. The largest absolute Gasteiger partial charge is 0.467 e. The molecule has 1 aromatic carbocycles. The Morgan fingerprint density at radius 3 is 2.75 bits per heavy atom. The molecule has 0 radical (unpaired) electrons. The highest BCUT2D eigenvalue weighted by atomic mass is 79.9. The minimum atomic E-state index is -0.436. The zero-order valence-electron chi connectivity index (χ0n) is 14.8. The Labute approximate surface area is 174 Å². The molecule has 0 atom stereocenters. The lowest BCUT2D eigenvalue weighted by Gasteiger charge is -2.08. The predicted octanol–water partition coefficient (Wildman–Crippen LogP) is 3.61. The SMILES string of the molecule is O=C(CSc1nnc(C2CC2)n1Cc1ccco1)NC(=O)c1ccccc1Br. The van der Waals surface area contributed by atoms with E-state index in [0.29, 0.717) is 27.7 Å². The van der Waals surface area contributed by atoms with E-state index >= 15 is 0 Å².